The second-order valence-electron chi connectivity index (χ2n) is 4.74. The average molecular weight is 290 g/mol. The summed E-state index contributed by atoms with van der Waals surface area (Å²) in [5.74, 6) is 1.81. The van der Waals surface area contributed by atoms with Gasteiger partial charge in [-0.1, -0.05) is 30.7 Å². The Kier molecular flexibility index (Phi) is 4.96. The first-order chi connectivity index (χ1) is 9.63. The molecule has 3 nitrogen and oxygen atoms in total. The number of aryl methyl sites for hydroxylation is 1. The molecule has 106 valence electrons. The van der Waals surface area contributed by atoms with E-state index in [1.54, 1.807) is 0 Å². The Morgan fingerprint density at radius 1 is 1.10 bits per heavy atom. The van der Waals surface area contributed by atoms with Crippen molar-refractivity contribution in [3.05, 3.63) is 51.9 Å². The van der Waals surface area contributed by atoms with E-state index in [0.29, 0.717) is 0 Å². The summed E-state index contributed by atoms with van der Waals surface area (Å²) in [6.45, 7) is 7.12. The Labute approximate surface area is 125 Å². The second-order valence-corrected chi connectivity index (χ2v) is 5.18. The molecule has 0 aliphatic carbocycles. The van der Waals surface area contributed by atoms with E-state index in [1.807, 2.05) is 31.2 Å². The molecule has 0 fully saturated rings. The summed E-state index contributed by atoms with van der Waals surface area (Å²) in [7, 11) is 0. The summed E-state index contributed by atoms with van der Waals surface area (Å²) in [5.41, 5.74) is 3.43. The van der Waals surface area contributed by atoms with Crippen LogP contribution in [0.1, 0.15) is 36.5 Å². The standard InChI is InChI=1S/C16H20ClN3/c1-4-14-11(3)19-15(20-16(14)18-5-2)10-12-6-8-13(17)9-7-12/h6-9H,4-5,10H2,1-3H3,(H,18,19,20). The van der Waals surface area contributed by atoms with E-state index >= 15 is 0 Å². The van der Waals surface area contributed by atoms with E-state index in [4.69, 9.17) is 11.6 Å². The molecule has 1 N–H and O–H groups in total. The van der Waals surface area contributed by atoms with E-state index in [1.165, 1.54) is 11.1 Å². The number of anilines is 1. The molecule has 0 unspecified atom stereocenters. The minimum Gasteiger partial charge on any atom is -0.370 e. The van der Waals surface area contributed by atoms with Crippen molar-refractivity contribution in [2.75, 3.05) is 11.9 Å². The minimum atomic E-state index is 0.723. The van der Waals surface area contributed by atoms with Crippen molar-refractivity contribution in [3.63, 3.8) is 0 Å². The van der Waals surface area contributed by atoms with Crippen molar-refractivity contribution in [1.29, 1.82) is 0 Å². The van der Waals surface area contributed by atoms with Crippen LogP contribution in [-0.4, -0.2) is 16.5 Å². The van der Waals surface area contributed by atoms with Gasteiger partial charge in [0.05, 0.1) is 0 Å². The molecule has 2 rings (SSSR count). The third kappa shape index (κ3) is 3.48. The number of benzene rings is 1. The maximum Gasteiger partial charge on any atom is 0.135 e. The number of nitrogens with one attached hydrogen (secondary N) is 1. The highest BCUT2D eigenvalue weighted by Crippen LogP contribution is 2.19. The minimum absolute atomic E-state index is 0.723. The number of nitrogens with zero attached hydrogens (tertiary/aromatic N) is 2. The first kappa shape index (κ1) is 14.8. The molecule has 0 atom stereocenters. The fourth-order valence-corrected chi connectivity index (χ4v) is 2.38. The van der Waals surface area contributed by atoms with Gasteiger partial charge >= 0.3 is 0 Å². The molecule has 0 radical (unpaired) electrons. The van der Waals surface area contributed by atoms with Gasteiger partial charge < -0.3 is 5.32 Å². The van der Waals surface area contributed by atoms with Crippen LogP contribution in [0.25, 0.3) is 0 Å². The molecule has 0 aliphatic rings. The molecule has 1 aromatic heterocycles. The fraction of sp³-hybridized carbons (Fsp3) is 0.375. The van der Waals surface area contributed by atoms with Crippen molar-refractivity contribution >= 4 is 17.4 Å². The molecule has 2 aromatic rings. The zero-order chi connectivity index (χ0) is 14.5. The van der Waals surface area contributed by atoms with Gasteiger partial charge in [0.2, 0.25) is 0 Å². The van der Waals surface area contributed by atoms with E-state index < -0.39 is 0 Å². The van der Waals surface area contributed by atoms with Crippen LogP contribution in [0.3, 0.4) is 0 Å². The van der Waals surface area contributed by atoms with Gasteiger partial charge in [-0.2, -0.15) is 0 Å². The summed E-state index contributed by atoms with van der Waals surface area (Å²) in [5, 5.41) is 4.08. The van der Waals surface area contributed by atoms with E-state index in [0.717, 1.165) is 41.7 Å². The van der Waals surface area contributed by atoms with Gasteiger partial charge in [-0.15, -0.1) is 0 Å². The quantitative estimate of drug-likeness (QED) is 0.903. The zero-order valence-electron chi connectivity index (χ0n) is 12.2. The number of aromatic nitrogens is 2. The van der Waals surface area contributed by atoms with Crippen LogP contribution in [0.5, 0.6) is 0 Å². The van der Waals surface area contributed by atoms with Crippen LogP contribution in [0.4, 0.5) is 5.82 Å². The first-order valence-corrected chi connectivity index (χ1v) is 7.36. The van der Waals surface area contributed by atoms with Crippen molar-refractivity contribution in [3.8, 4) is 0 Å². The highest BCUT2D eigenvalue weighted by atomic mass is 35.5. The topological polar surface area (TPSA) is 37.8 Å². The third-order valence-corrected chi connectivity index (χ3v) is 3.49. The molecule has 4 heteroatoms. The van der Waals surface area contributed by atoms with Crippen LogP contribution < -0.4 is 5.32 Å². The Bertz CT molecular complexity index is 579. The summed E-state index contributed by atoms with van der Waals surface area (Å²) in [4.78, 5) is 9.28. The predicted molar refractivity (Wildman–Crippen MR) is 84.6 cm³/mol. The normalized spacial score (nSPS) is 10.6. The summed E-state index contributed by atoms with van der Waals surface area (Å²) >= 11 is 5.90. The van der Waals surface area contributed by atoms with Gasteiger partial charge in [0.15, 0.2) is 0 Å². The smallest absolute Gasteiger partial charge is 0.135 e. The van der Waals surface area contributed by atoms with Crippen LogP contribution >= 0.6 is 11.6 Å². The molecule has 0 aliphatic heterocycles. The zero-order valence-corrected chi connectivity index (χ0v) is 13.0. The van der Waals surface area contributed by atoms with Gasteiger partial charge in [-0.05, 0) is 38.0 Å². The van der Waals surface area contributed by atoms with Crippen LogP contribution in [0.15, 0.2) is 24.3 Å². The Morgan fingerprint density at radius 2 is 1.80 bits per heavy atom. The van der Waals surface area contributed by atoms with E-state index in [9.17, 15) is 0 Å². The molecule has 0 saturated carbocycles. The number of halogens is 1. The molecule has 0 saturated heterocycles. The van der Waals surface area contributed by atoms with Gasteiger partial charge in [0.1, 0.15) is 11.6 Å². The Hall–Kier alpha value is -1.61. The lowest BCUT2D eigenvalue weighted by Crippen LogP contribution is -2.10. The average Bonchev–Trinajstić information content (AvgIpc) is 2.42. The van der Waals surface area contributed by atoms with Gasteiger partial charge in [0, 0.05) is 29.2 Å². The number of hydrogen-bond donors (Lipinski definition) is 1. The first-order valence-electron chi connectivity index (χ1n) is 6.98. The van der Waals surface area contributed by atoms with Crippen LogP contribution in [0.2, 0.25) is 5.02 Å². The lowest BCUT2D eigenvalue weighted by atomic mass is 10.1. The monoisotopic (exact) mass is 289 g/mol. The Balaban J connectivity index is 2.30. The highest BCUT2D eigenvalue weighted by Gasteiger charge is 2.10. The number of hydrogen-bond acceptors (Lipinski definition) is 3. The second kappa shape index (κ2) is 6.71. The van der Waals surface area contributed by atoms with Crippen molar-refractivity contribution < 1.29 is 0 Å². The third-order valence-electron chi connectivity index (χ3n) is 3.23. The summed E-state index contributed by atoms with van der Waals surface area (Å²) in [6, 6.07) is 7.83. The largest absolute Gasteiger partial charge is 0.370 e. The molecule has 0 spiro atoms. The van der Waals surface area contributed by atoms with Crippen molar-refractivity contribution in [2.24, 2.45) is 0 Å². The predicted octanol–water partition coefficient (Wildman–Crippen LogP) is 4.02. The van der Waals surface area contributed by atoms with Gasteiger partial charge in [-0.3, -0.25) is 0 Å². The fourth-order valence-electron chi connectivity index (χ4n) is 2.25. The lowest BCUT2D eigenvalue weighted by Gasteiger charge is -2.13. The van der Waals surface area contributed by atoms with Gasteiger partial charge in [-0.25, -0.2) is 9.97 Å². The Morgan fingerprint density at radius 3 is 2.40 bits per heavy atom. The summed E-state index contributed by atoms with van der Waals surface area (Å²) < 4.78 is 0. The van der Waals surface area contributed by atoms with Crippen LogP contribution in [0, 0.1) is 6.92 Å². The SMILES string of the molecule is CCNc1nc(Cc2ccc(Cl)cc2)nc(C)c1CC. The molecule has 1 aromatic carbocycles. The maximum atomic E-state index is 5.90. The van der Waals surface area contributed by atoms with Crippen molar-refractivity contribution in [1.82, 2.24) is 9.97 Å². The molecule has 0 amide bonds. The lowest BCUT2D eigenvalue weighted by molar-refractivity contribution is 0.901. The highest BCUT2D eigenvalue weighted by molar-refractivity contribution is 6.30. The number of rotatable bonds is 5. The van der Waals surface area contributed by atoms with Crippen LogP contribution in [-0.2, 0) is 12.8 Å². The molecular formula is C16H20ClN3. The summed E-state index contributed by atoms with van der Waals surface area (Å²) in [6.07, 6.45) is 1.66. The molecular weight excluding hydrogens is 270 g/mol. The van der Waals surface area contributed by atoms with Crippen molar-refractivity contribution in [2.45, 2.75) is 33.6 Å². The van der Waals surface area contributed by atoms with Gasteiger partial charge in [0.25, 0.3) is 0 Å². The maximum absolute atomic E-state index is 5.90. The molecule has 0 bridgehead atoms. The molecule has 20 heavy (non-hydrogen) atoms. The van der Waals surface area contributed by atoms with E-state index in [-0.39, 0.29) is 0 Å². The van der Waals surface area contributed by atoms with E-state index in [2.05, 4.69) is 29.1 Å². The molecule has 1 heterocycles.